The number of carbonyl (C=O) groups excluding carboxylic acids is 1. The molecule has 3 aromatic rings. The molecular weight excluding hydrogens is 338 g/mol. The zero-order valence-electron chi connectivity index (χ0n) is 13.9. The number of carbonyl (C=O) groups is 1. The van der Waals surface area contributed by atoms with Crippen LogP contribution in [0.4, 0.5) is 0 Å². The van der Waals surface area contributed by atoms with Crippen molar-refractivity contribution < 1.29 is 9.53 Å². The third-order valence-corrected chi connectivity index (χ3v) is 4.83. The first-order valence-corrected chi connectivity index (χ1v) is 8.96. The van der Waals surface area contributed by atoms with Gasteiger partial charge >= 0.3 is 5.69 Å². The standard InChI is InChI=1S/C18H19N3O3S/c1-24-10-4-9-21-17(23)19-20-18(21)25-12-16(22)15-8-7-13-5-2-3-6-14(13)11-15/h2-3,5-8,11H,4,9-10,12H2,1H3,(H,19,23). The SMILES string of the molecule is COCCCn1c(SCC(=O)c2ccc3ccccc3c2)n[nH]c1=O. The number of methoxy groups -OCH3 is 1. The zero-order chi connectivity index (χ0) is 17.6. The molecule has 0 aliphatic heterocycles. The number of aromatic nitrogens is 3. The molecule has 0 spiro atoms. The van der Waals surface area contributed by atoms with Gasteiger partial charge in [-0.05, 0) is 23.3 Å². The number of aromatic amines is 1. The number of benzene rings is 2. The number of fused-ring (bicyclic) bond motifs is 1. The van der Waals surface area contributed by atoms with Gasteiger partial charge in [-0.2, -0.15) is 0 Å². The number of H-pyrrole nitrogens is 1. The average molecular weight is 357 g/mol. The van der Waals surface area contributed by atoms with E-state index in [1.54, 1.807) is 7.11 Å². The number of ketones is 1. The summed E-state index contributed by atoms with van der Waals surface area (Å²) >= 11 is 1.26. The lowest BCUT2D eigenvalue weighted by Gasteiger charge is -2.05. The van der Waals surface area contributed by atoms with Crippen LogP contribution in [0, 0.1) is 0 Å². The molecule has 7 heteroatoms. The molecule has 0 aliphatic carbocycles. The van der Waals surface area contributed by atoms with Crippen molar-refractivity contribution in [3.63, 3.8) is 0 Å². The van der Waals surface area contributed by atoms with Gasteiger partial charge < -0.3 is 4.74 Å². The van der Waals surface area contributed by atoms with Gasteiger partial charge in [0.2, 0.25) is 0 Å². The normalized spacial score (nSPS) is 11.1. The van der Waals surface area contributed by atoms with Crippen molar-refractivity contribution in [2.45, 2.75) is 18.1 Å². The van der Waals surface area contributed by atoms with E-state index in [-0.39, 0.29) is 17.2 Å². The van der Waals surface area contributed by atoms with Gasteiger partial charge in [-0.1, -0.05) is 48.2 Å². The molecule has 1 aromatic heterocycles. The molecule has 0 radical (unpaired) electrons. The van der Waals surface area contributed by atoms with Crippen LogP contribution in [0.5, 0.6) is 0 Å². The Labute approximate surface area is 149 Å². The second-order valence-corrected chi connectivity index (χ2v) is 6.53. The predicted octanol–water partition coefficient (Wildman–Crippen LogP) is 2.74. The van der Waals surface area contributed by atoms with Crippen LogP contribution in [-0.4, -0.2) is 40.0 Å². The number of hydrogen-bond acceptors (Lipinski definition) is 5. The molecular formula is C18H19N3O3S. The van der Waals surface area contributed by atoms with E-state index in [1.165, 1.54) is 16.3 Å². The molecule has 0 amide bonds. The summed E-state index contributed by atoms with van der Waals surface area (Å²) in [4.78, 5) is 24.3. The molecule has 0 saturated heterocycles. The minimum atomic E-state index is -0.267. The van der Waals surface area contributed by atoms with Crippen molar-refractivity contribution in [1.82, 2.24) is 14.8 Å². The van der Waals surface area contributed by atoms with Gasteiger partial charge in [-0.15, -0.1) is 5.10 Å². The van der Waals surface area contributed by atoms with Crippen molar-refractivity contribution in [3.05, 3.63) is 58.5 Å². The molecule has 3 rings (SSSR count). The number of thioether (sulfide) groups is 1. The average Bonchev–Trinajstić information content (AvgIpc) is 2.99. The molecule has 0 saturated carbocycles. The van der Waals surface area contributed by atoms with Gasteiger partial charge in [0.15, 0.2) is 10.9 Å². The highest BCUT2D eigenvalue weighted by atomic mass is 32.2. The fraction of sp³-hybridized carbons (Fsp3) is 0.278. The number of nitrogens with zero attached hydrogens (tertiary/aromatic N) is 2. The van der Waals surface area contributed by atoms with Crippen LogP contribution in [0.1, 0.15) is 16.8 Å². The van der Waals surface area contributed by atoms with Crippen LogP contribution in [0.25, 0.3) is 10.8 Å². The number of ether oxygens (including phenoxy) is 1. The Kier molecular flexibility index (Phi) is 5.67. The molecule has 1 N–H and O–H groups in total. The summed E-state index contributed by atoms with van der Waals surface area (Å²) in [5.74, 6) is 0.238. The maximum absolute atomic E-state index is 12.5. The highest BCUT2D eigenvalue weighted by Crippen LogP contribution is 2.19. The van der Waals surface area contributed by atoms with Crippen LogP contribution >= 0.6 is 11.8 Å². The highest BCUT2D eigenvalue weighted by Gasteiger charge is 2.13. The number of nitrogens with one attached hydrogen (secondary N) is 1. The van der Waals surface area contributed by atoms with Crippen LogP contribution in [-0.2, 0) is 11.3 Å². The van der Waals surface area contributed by atoms with Crippen LogP contribution < -0.4 is 5.69 Å². The number of hydrogen-bond donors (Lipinski definition) is 1. The van der Waals surface area contributed by atoms with E-state index in [2.05, 4.69) is 10.2 Å². The lowest BCUT2D eigenvalue weighted by Crippen LogP contribution is -2.18. The maximum atomic E-state index is 12.5. The van der Waals surface area contributed by atoms with E-state index in [9.17, 15) is 9.59 Å². The highest BCUT2D eigenvalue weighted by molar-refractivity contribution is 7.99. The van der Waals surface area contributed by atoms with Gasteiger partial charge in [0.25, 0.3) is 0 Å². The number of rotatable bonds is 8. The maximum Gasteiger partial charge on any atom is 0.343 e. The third kappa shape index (κ3) is 4.18. The van der Waals surface area contributed by atoms with Crippen molar-refractivity contribution in [2.75, 3.05) is 19.5 Å². The van der Waals surface area contributed by atoms with E-state index >= 15 is 0 Å². The van der Waals surface area contributed by atoms with Crippen LogP contribution in [0.3, 0.4) is 0 Å². The fourth-order valence-electron chi connectivity index (χ4n) is 2.55. The van der Waals surface area contributed by atoms with Gasteiger partial charge in [-0.3, -0.25) is 9.36 Å². The van der Waals surface area contributed by atoms with Crippen molar-refractivity contribution in [1.29, 1.82) is 0 Å². The van der Waals surface area contributed by atoms with Gasteiger partial charge in [0, 0.05) is 25.8 Å². The summed E-state index contributed by atoms with van der Waals surface area (Å²) < 4.78 is 6.54. The summed E-state index contributed by atoms with van der Waals surface area (Å²) in [6.45, 7) is 1.08. The van der Waals surface area contributed by atoms with Crippen LogP contribution in [0.2, 0.25) is 0 Å². The summed E-state index contributed by atoms with van der Waals surface area (Å²) in [5.41, 5.74) is 0.395. The lowest BCUT2D eigenvalue weighted by atomic mass is 10.1. The molecule has 130 valence electrons. The Morgan fingerprint density at radius 2 is 2.04 bits per heavy atom. The Balaban J connectivity index is 1.68. The summed E-state index contributed by atoms with van der Waals surface area (Å²) in [6.07, 6.45) is 0.710. The zero-order valence-corrected chi connectivity index (χ0v) is 14.7. The predicted molar refractivity (Wildman–Crippen MR) is 98.3 cm³/mol. The monoisotopic (exact) mass is 357 g/mol. The van der Waals surface area contributed by atoms with Crippen molar-refractivity contribution >= 4 is 28.3 Å². The largest absolute Gasteiger partial charge is 0.385 e. The first-order valence-electron chi connectivity index (χ1n) is 7.98. The molecule has 0 bridgehead atoms. The molecule has 0 atom stereocenters. The summed E-state index contributed by atoms with van der Waals surface area (Å²) in [7, 11) is 1.62. The van der Waals surface area contributed by atoms with E-state index < -0.39 is 0 Å². The Bertz CT molecular complexity index is 932. The second-order valence-electron chi connectivity index (χ2n) is 5.58. The number of Topliss-reactive ketones (excluding diaryl/α,β-unsaturated/α-hetero) is 1. The fourth-order valence-corrected chi connectivity index (χ4v) is 3.42. The lowest BCUT2D eigenvalue weighted by molar-refractivity contribution is 0.102. The Morgan fingerprint density at radius 1 is 1.24 bits per heavy atom. The third-order valence-electron chi connectivity index (χ3n) is 3.86. The molecule has 0 unspecified atom stereocenters. The Hall–Kier alpha value is -2.38. The quantitative estimate of drug-likeness (QED) is 0.381. The minimum Gasteiger partial charge on any atom is -0.385 e. The smallest absolute Gasteiger partial charge is 0.343 e. The van der Waals surface area contributed by atoms with Gasteiger partial charge in [0.05, 0.1) is 5.75 Å². The molecule has 2 aromatic carbocycles. The second kappa shape index (κ2) is 8.13. The van der Waals surface area contributed by atoms with Crippen molar-refractivity contribution in [2.24, 2.45) is 0 Å². The van der Waals surface area contributed by atoms with E-state index in [0.29, 0.717) is 30.3 Å². The summed E-state index contributed by atoms with van der Waals surface area (Å²) in [6, 6.07) is 13.6. The first kappa shape index (κ1) is 17.4. The Morgan fingerprint density at radius 3 is 2.84 bits per heavy atom. The van der Waals surface area contributed by atoms with E-state index in [1.807, 2.05) is 42.5 Å². The minimum absolute atomic E-state index is 0.00893. The van der Waals surface area contributed by atoms with E-state index in [4.69, 9.17) is 4.74 Å². The molecule has 0 aliphatic rings. The topological polar surface area (TPSA) is 77.0 Å². The summed E-state index contributed by atoms with van der Waals surface area (Å²) in [5, 5.41) is 9.10. The van der Waals surface area contributed by atoms with Crippen LogP contribution in [0.15, 0.2) is 52.4 Å². The van der Waals surface area contributed by atoms with E-state index in [0.717, 1.165) is 10.8 Å². The first-order chi connectivity index (χ1) is 12.2. The molecule has 0 fully saturated rings. The molecule has 6 nitrogen and oxygen atoms in total. The van der Waals surface area contributed by atoms with Crippen molar-refractivity contribution in [3.8, 4) is 0 Å². The van der Waals surface area contributed by atoms with Gasteiger partial charge in [-0.25, -0.2) is 9.89 Å². The molecule has 25 heavy (non-hydrogen) atoms. The van der Waals surface area contributed by atoms with Gasteiger partial charge in [0.1, 0.15) is 0 Å². The molecule has 1 heterocycles.